The van der Waals surface area contributed by atoms with Gasteiger partial charge in [-0.15, -0.1) is 0 Å². The van der Waals surface area contributed by atoms with Gasteiger partial charge in [0.25, 0.3) is 0 Å². The Labute approximate surface area is 133 Å². The van der Waals surface area contributed by atoms with Crippen molar-refractivity contribution >= 4 is 0 Å². The van der Waals surface area contributed by atoms with E-state index in [9.17, 15) is 0 Å². The molecule has 0 spiro atoms. The van der Waals surface area contributed by atoms with Gasteiger partial charge in [-0.05, 0) is 51.6 Å². The fraction of sp³-hybridized carbons (Fsp3) is 0.875. The minimum Gasteiger partial charge on any atom is -0.338 e. The molecule has 3 heterocycles. The summed E-state index contributed by atoms with van der Waals surface area (Å²) in [7, 11) is 0. The Morgan fingerprint density at radius 1 is 1.23 bits per heavy atom. The van der Waals surface area contributed by atoms with Crippen LogP contribution < -0.4 is 5.73 Å². The first-order chi connectivity index (χ1) is 10.7. The molecule has 0 amide bonds. The average Bonchev–Trinajstić information content (AvgIpc) is 2.98. The quantitative estimate of drug-likeness (QED) is 0.891. The highest BCUT2D eigenvalue weighted by Gasteiger charge is 2.26. The van der Waals surface area contributed by atoms with Gasteiger partial charge in [0.05, 0.1) is 13.1 Å². The Hall–Kier alpha value is -0.980. The molecule has 2 saturated heterocycles. The molecule has 6 heteroatoms. The molecular weight excluding hydrogens is 278 g/mol. The summed E-state index contributed by atoms with van der Waals surface area (Å²) in [6, 6.07) is 0.758. The highest BCUT2D eigenvalue weighted by atomic mass is 16.5. The summed E-state index contributed by atoms with van der Waals surface area (Å²) in [5.41, 5.74) is 5.52. The Bertz CT molecular complexity index is 463. The lowest BCUT2D eigenvalue weighted by molar-refractivity contribution is 0.0899. The maximum atomic E-state index is 5.52. The number of aromatic nitrogens is 2. The second kappa shape index (κ2) is 7.53. The molecule has 1 aromatic heterocycles. The molecule has 0 radical (unpaired) electrons. The van der Waals surface area contributed by atoms with E-state index in [0.717, 1.165) is 37.4 Å². The monoisotopic (exact) mass is 307 g/mol. The molecule has 3 rings (SSSR count). The van der Waals surface area contributed by atoms with Crippen molar-refractivity contribution in [3.8, 4) is 0 Å². The Kier molecular flexibility index (Phi) is 5.44. The van der Waals surface area contributed by atoms with Crippen LogP contribution in [0.1, 0.15) is 50.7 Å². The lowest BCUT2D eigenvalue weighted by Crippen LogP contribution is -2.45. The zero-order chi connectivity index (χ0) is 15.4. The Balaban J connectivity index is 1.50. The Morgan fingerprint density at radius 3 is 2.91 bits per heavy atom. The molecule has 0 saturated carbocycles. The molecule has 124 valence electrons. The minimum absolute atomic E-state index is 0.322. The molecule has 0 aromatic carbocycles. The van der Waals surface area contributed by atoms with Gasteiger partial charge in [-0.1, -0.05) is 11.6 Å². The summed E-state index contributed by atoms with van der Waals surface area (Å²) < 4.78 is 5.10. The molecule has 0 bridgehead atoms. The predicted molar refractivity (Wildman–Crippen MR) is 85.1 cm³/mol. The third-order valence-corrected chi connectivity index (χ3v) is 5.09. The molecule has 1 aromatic rings. The van der Waals surface area contributed by atoms with E-state index < -0.39 is 0 Å². The summed E-state index contributed by atoms with van der Waals surface area (Å²) in [6.45, 7) is 8.31. The van der Waals surface area contributed by atoms with Gasteiger partial charge < -0.3 is 15.2 Å². The third-order valence-electron chi connectivity index (χ3n) is 5.09. The van der Waals surface area contributed by atoms with Crippen molar-refractivity contribution in [1.82, 2.24) is 19.9 Å². The van der Waals surface area contributed by atoms with Gasteiger partial charge in [-0.25, -0.2) is 0 Å². The zero-order valence-electron chi connectivity index (χ0n) is 13.7. The van der Waals surface area contributed by atoms with Crippen LogP contribution in [0.25, 0.3) is 0 Å². The highest BCUT2D eigenvalue weighted by Crippen LogP contribution is 2.23. The van der Waals surface area contributed by atoms with Crippen molar-refractivity contribution in [2.45, 2.75) is 58.2 Å². The number of rotatable bonds is 5. The molecular formula is C16H29N5O. The first kappa shape index (κ1) is 15.9. The van der Waals surface area contributed by atoms with Crippen LogP contribution in [0, 0.1) is 5.92 Å². The van der Waals surface area contributed by atoms with Crippen molar-refractivity contribution in [2.24, 2.45) is 11.7 Å². The number of piperidine rings is 2. The van der Waals surface area contributed by atoms with E-state index in [2.05, 4.69) is 26.9 Å². The van der Waals surface area contributed by atoms with Crippen LogP contribution in [-0.4, -0.2) is 52.2 Å². The number of hydrogen-bond acceptors (Lipinski definition) is 6. The molecule has 6 nitrogen and oxygen atoms in total. The fourth-order valence-electron chi connectivity index (χ4n) is 3.84. The SMILES string of the molecule is CC1CCCCN1CC1CCCN(Cc2noc(CN)n2)C1. The normalized spacial score (nSPS) is 28.1. The van der Waals surface area contributed by atoms with E-state index in [1.165, 1.54) is 45.2 Å². The van der Waals surface area contributed by atoms with E-state index in [1.807, 2.05) is 0 Å². The summed E-state index contributed by atoms with van der Waals surface area (Å²) in [5.74, 6) is 2.08. The molecule has 2 atom stereocenters. The topological polar surface area (TPSA) is 71.4 Å². The van der Waals surface area contributed by atoms with Crippen LogP contribution in [0.4, 0.5) is 0 Å². The smallest absolute Gasteiger partial charge is 0.240 e. The van der Waals surface area contributed by atoms with E-state index >= 15 is 0 Å². The molecule has 2 unspecified atom stereocenters. The number of hydrogen-bond donors (Lipinski definition) is 1. The van der Waals surface area contributed by atoms with Crippen molar-refractivity contribution in [2.75, 3.05) is 26.2 Å². The van der Waals surface area contributed by atoms with Gasteiger partial charge in [0, 0.05) is 19.1 Å². The fourth-order valence-corrected chi connectivity index (χ4v) is 3.84. The van der Waals surface area contributed by atoms with Crippen molar-refractivity contribution in [3.05, 3.63) is 11.7 Å². The first-order valence-electron chi connectivity index (χ1n) is 8.72. The van der Waals surface area contributed by atoms with Crippen LogP contribution in [0.3, 0.4) is 0 Å². The maximum absolute atomic E-state index is 5.52. The predicted octanol–water partition coefficient (Wildman–Crippen LogP) is 1.61. The molecule has 2 N–H and O–H groups in total. The number of nitrogens with two attached hydrogens (primary N) is 1. The second-order valence-corrected chi connectivity index (χ2v) is 6.89. The van der Waals surface area contributed by atoms with Crippen LogP contribution in [0.15, 0.2) is 4.52 Å². The summed E-state index contributed by atoms with van der Waals surface area (Å²) in [6.07, 6.45) is 6.75. The third kappa shape index (κ3) is 4.06. The van der Waals surface area contributed by atoms with Gasteiger partial charge >= 0.3 is 0 Å². The average molecular weight is 307 g/mol. The second-order valence-electron chi connectivity index (χ2n) is 6.89. The lowest BCUT2D eigenvalue weighted by atomic mass is 9.95. The molecule has 2 aliphatic heterocycles. The molecule has 22 heavy (non-hydrogen) atoms. The summed E-state index contributed by atoms with van der Waals surface area (Å²) in [5, 5.41) is 4.02. The highest BCUT2D eigenvalue weighted by molar-refractivity contribution is 4.88. The van der Waals surface area contributed by atoms with Crippen LogP contribution in [-0.2, 0) is 13.1 Å². The van der Waals surface area contributed by atoms with Gasteiger partial charge in [-0.2, -0.15) is 4.98 Å². The Morgan fingerprint density at radius 2 is 2.14 bits per heavy atom. The maximum Gasteiger partial charge on any atom is 0.240 e. The molecule has 2 fully saturated rings. The van der Waals surface area contributed by atoms with E-state index in [4.69, 9.17) is 10.3 Å². The largest absolute Gasteiger partial charge is 0.338 e. The van der Waals surface area contributed by atoms with Crippen LogP contribution in [0.5, 0.6) is 0 Å². The van der Waals surface area contributed by atoms with Crippen molar-refractivity contribution < 1.29 is 4.52 Å². The molecule has 0 aliphatic carbocycles. The van der Waals surface area contributed by atoms with Gasteiger partial charge in [0.1, 0.15) is 0 Å². The zero-order valence-corrected chi connectivity index (χ0v) is 13.7. The van der Waals surface area contributed by atoms with Crippen LogP contribution in [0.2, 0.25) is 0 Å². The van der Waals surface area contributed by atoms with Crippen molar-refractivity contribution in [3.63, 3.8) is 0 Å². The van der Waals surface area contributed by atoms with E-state index in [1.54, 1.807) is 0 Å². The summed E-state index contributed by atoms with van der Waals surface area (Å²) in [4.78, 5) is 9.48. The van der Waals surface area contributed by atoms with E-state index in [0.29, 0.717) is 12.4 Å². The standard InChI is InChI=1S/C16H29N5O/c1-13-5-2-3-8-21(13)11-14-6-4-7-20(10-14)12-15-18-16(9-17)22-19-15/h13-14H,2-12,17H2,1H3. The van der Waals surface area contributed by atoms with Gasteiger partial charge in [-0.3, -0.25) is 4.90 Å². The number of nitrogens with zero attached hydrogens (tertiary/aromatic N) is 4. The minimum atomic E-state index is 0.322. The van der Waals surface area contributed by atoms with Gasteiger partial charge in [0.2, 0.25) is 5.89 Å². The first-order valence-corrected chi connectivity index (χ1v) is 8.72. The lowest BCUT2D eigenvalue weighted by Gasteiger charge is -2.39. The summed E-state index contributed by atoms with van der Waals surface area (Å²) >= 11 is 0. The number of likely N-dealkylation sites (tertiary alicyclic amines) is 2. The molecule has 2 aliphatic rings. The van der Waals surface area contributed by atoms with Crippen LogP contribution >= 0.6 is 0 Å². The van der Waals surface area contributed by atoms with Gasteiger partial charge in [0.15, 0.2) is 5.82 Å². The van der Waals surface area contributed by atoms with Crippen molar-refractivity contribution in [1.29, 1.82) is 0 Å². The van der Waals surface area contributed by atoms with E-state index in [-0.39, 0.29) is 0 Å².